The van der Waals surface area contributed by atoms with Gasteiger partial charge in [-0.05, 0) is 36.1 Å². The monoisotopic (exact) mass is 522 g/mol. The highest BCUT2D eigenvalue weighted by Crippen LogP contribution is 2.38. The fourth-order valence-corrected chi connectivity index (χ4v) is 5.75. The van der Waals surface area contributed by atoms with Gasteiger partial charge >= 0.3 is 5.97 Å². The van der Waals surface area contributed by atoms with E-state index in [1.54, 1.807) is 18.2 Å². The summed E-state index contributed by atoms with van der Waals surface area (Å²) in [7, 11) is 2.66. The van der Waals surface area contributed by atoms with Crippen molar-refractivity contribution in [2.45, 2.75) is 37.8 Å². The zero-order valence-electron chi connectivity index (χ0n) is 21.3. The van der Waals surface area contributed by atoms with Crippen LogP contribution in [0.4, 0.5) is 0 Å². The number of likely N-dealkylation sites (tertiary alicyclic amines) is 1. The van der Waals surface area contributed by atoms with E-state index in [4.69, 9.17) is 13.9 Å². The molecule has 3 aromatic rings. The zero-order valence-corrected chi connectivity index (χ0v) is 21.3. The fourth-order valence-electron chi connectivity index (χ4n) is 5.75. The van der Waals surface area contributed by atoms with Crippen LogP contribution in [0.1, 0.15) is 47.5 Å². The molecule has 0 saturated carbocycles. The lowest BCUT2D eigenvalue weighted by Crippen LogP contribution is -2.46. The van der Waals surface area contributed by atoms with Crippen molar-refractivity contribution < 1.29 is 28.9 Å². The van der Waals surface area contributed by atoms with Crippen LogP contribution in [0.25, 0.3) is 0 Å². The van der Waals surface area contributed by atoms with E-state index >= 15 is 0 Å². The van der Waals surface area contributed by atoms with E-state index < -0.39 is 23.1 Å². The molecular weight excluding hydrogens is 492 g/mol. The van der Waals surface area contributed by atoms with Crippen molar-refractivity contribution >= 4 is 5.97 Å². The van der Waals surface area contributed by atoms with Crippen molar-refractivity contribution in [3.63, 3.8) is 0 Å². The number of aromatic nitrogens is 1. The van der Waals surface area contributed by atoms with Gasteiger partial charge in [-0.1, -0.05) is 12.1 Å². The van der Waals surface area contributed by atoms with E-state index in [0.29, 0.717) is 36.9 Å². The molecule has 10 heteroatoms. The highest BCUT2D eigenvalue weighted by molar-refractivity contribution is 5.71. The SMILES string of the molecule is COC(=O)C[C@@H](c1ccc(OC)c(O)c1)c1oc(CN2C[C@H]3C[C@@H](C2)c2cccc(=O)n2C3)cc(=O)c1O. The Bertz CT molecular complexity index is 1480. The van der Waals surface area contributed by atoms with Crippen LogP contribution < -0.4 is 15.7 Å². The van der Waals surface area contributed by atoms with Crippen molar-refractivity contribution in [1.29, 1.82) is 0 Å². The minimum Gasteiger partial charge on any atom is -0.504 e. The molecule has 4 heterocycles. The first-order chi connectivity index (χ1) is 18.3. The Morgan fingerprint density at radius 3 is 2.66 bits per heavy atom. The molecule has 5 rings (SSSR count). The lowest BCUT2D eigenvalue weighted by atomic mass is 9.83. The van der Waals surface area contributed by atoms with Gasteiger partial charge in [0.05, 0.1) is 33.1 Å². The lowest BCUT2D eigenvalue weighted by molar-refractivity contribution is -0.140. The molecule has 0 spiro atoms. The van der Waals surface area contributed by atoms with E-state index in [2.05, 4.69) is 4.90 Å². The number of benzene rings is 1. The summed E-state index contributed by atoms with van der Waals surface area (Å²) in [5, 5.41) is 21.0. The number of nitrogens with zero attached hydrogens (tertiary/aromatic N) is 2. The van der Waals surface area contributed by atoms with Crippen molar-refractivity contribution in [3.05, 3.63) is 85.8 Å². The molecule has 0 aliphatic carbocycles. The molecule has 3 atom stereocenters. The van der Waals surface area contributed by atoms with Crippen LogP contribution in [-0.4, -0.2) is 53.0 Å². The number of hydrogen-bond acceptors (Lipinski definition) is 9. The molecule has 2 bridgehead atoms. The molecule has 200 valence electrons. The summed E-state index contributed by atoms with van der Waals surface area (Å²) in [5.41, 5.74) is 0.853. The third-order valence-electron chi connectivity index (χ3n) is 7.45. The van der Waals surface area contributed by atoms with Gasteiger partial charge in [0, 0.05) is 43.4 Å². The van der Waals surface area contributed by atoms with E-state index in [0.717, 1.165) is 18.7 Å². The summed E-state index contributed by atoms with van der Waals surface area (Å²) in [5.74, 6) is -1.21. The van der Waals surface area contributed by atoms with Gasteiger partial charge in [0.1, 0.15) is 5.76 Å². The number of aromatic hydroxyl groups is 2. The molecule has 0 unspecified atom stereocenters. The third kappa shape index (κ3) is 4.91. The van der Waals surface area contributed by atoms with Crippen LogP contribution in [0.3, 0.4) is 0 Å². The van der Waals surface area contributed by atoms with Gasteiger partial charge in [-0.2, -0.15) is 0 Å². The minimum atomic E-state index is -0.883. The molecule has 2 aliphatic heterocycles. The number of phenolic OH excluding ortho intramolecular Hbond substituents is 1. The molecule has 2 N–H and O–H groups in total. The Hall–Kier alpha value is -4.05. The van der Waals surface area contributed by atoms with Crippen LogP contribution >= 0.6 is 0 Å². The number of hydrogen-bond donors (Lipinski definition) is 2. The zero-order chi connectivity index (χ0) is 27.0. The normalized spacial score (nSPS) is 19.4. The largest absolute Gasteiger partial charge is 0.504 e. The van der Waals surface area contributed by atoms with Gasteiger partial charge in [-0.3, -0.25) is 19.3 Å². The predicted octanol–water partition coefficient (Wildman–Crippen LogP) is 2.54. The summed E-state index contributed by atoms with van der Waals surface area (Å²) in [6.07, 6.45) is 0.772. The maximum Gasteiger partial charge on any atom is 0.306 e. The van der Waals surface area contributed by atoms with Gasteiger partial charge in [-0.15, -0.1) is 0 Å². The highest BCUT2D eigenvalue weighted by Gasteiger charge is 2.35. The van der Waals surface area contributed by atoms with Crippen LogP contribution in [-0.2, 0) is 22.6 Å². The molecular formula is C28H30N2O8. The Kier molecular flexibility index (Phi) is 6.98. The second-order valence-corrected chi connectivity index (χ2v) is 9.95. The summed E-state index contributed by atoms with van der Waals surface area (Å²) < 4.78 is 17.9. The van der Waals surface area contributed by atoms with E-state index in [-0.39, 0.29) is 35.2 Å². The van der Waals surface area contributed by atoms with Crippen molar-refractivity contribution in [1.82, 2.24) is 9.47 Å². The Morgan fingerprint density at radius 2 is 1.92 bits per heavy atom. The molecule has 1 saturated heterocycles. The van der Waals surface area contributed by atoms with Crippen molar-refractivity contribution in [2.24, 2.45) is 5.92 Å². The summed E-state index contributed by atoms with van der Waals surface area (Å²) in [6.45, 7) is 2.40. The fraction of sp³-hybridized carbons (Fsp3) is 0.393. The van der Waals surface area contributed by atoms with Gasteiger partial charge < -0.3 is 28.7 Å². The molecule has 38 heavy (non-hydrogen) atoms. The van der Waals surface area contributed by atoms with Crippen LogP contribution in [0.5, 0.6) is 17.2 Å². The van der Waals surface area contributed by atoms with Gasteiger partial charge in [0.15, 0.2) is 17.3 Å². The van der Waals surface area contributed by atoms with E-state index in [1.807, 2.05) is 10.6 Å². The highest BCUT2D eigenvalue weighted by atomic mass is 16.5. The first kappa shape index (κ1) is 25.6. The van der Waals surface area contributed by atoms with Gasteiger partial charge in [-0.25, -0.2) is 0 Å². The summed E-state index contributed by atoms with van der Waals surface area (Å²) in [4.78, 5) is 39.6. The number of carbonyl (C=O) groups excluding carboxylic acids is 1. The molecule has 2 aliphatic rings. The molecule has 2 aromatic heterocycles. The quantitative estimate of drug-likeness (QED) is 0.449. The first-order valence-electron chi connectivity index (χ1n) is 12.5. The Balaban J connectivity index is 1.46. The number of piperidine rings is 1. The van der Waals surface area contributed by atoms with Crippen LogP contribution in [0, 0.1) is 5.92 Å². The first-order valence-corrected chi connectivity index (χ1v) is 12.5. The summed E-state index contributed by atoms with van der Waals surface area (Å²) >= 11 is 0. The topological polar surface area (TPSA) is 131 Å². The average Bonchev–Trinajstić information content (AvgIpc) is 2.90. The maximum absolute atomic E-state index is 12.8. The number of rotatable bonds is 7. The second kappa shape index (κ2) is 10.4. The van der Waals surface area contributed by atoms with Gasteiger partial charge in [0.2, 0.25) is 11.2 Å². The number of ether oxygens (including phenoxy) is 2. The Labute approximate surface area is 218 Å². The smallest absolute Gasteiger partial charge is 0.306 e. The third-order valence-corrected chi connectivity index (χ3v) is 7.45. The number of phenols is 1. The predicted molar refractivity (Wildman–Crippen MR) is 137 cm³/mol. The Morgan fingerprint density at radius 1 is 1.11 bits per heavy atom. The van der Waals surface area contributed by atoms with Crippen LogP contribution in [0.2, 0.25) is 0 Å². The van der Waals surface area contributed by atoms with E-state index in [9.17, 15) is 24.6 Å². The maximum atomic E-state index is 12.8. The number of methoxy groups -OCH3 is 2. The lowest BCUT2D eigenvalue weighted by Gasteiger charge is -2.42. The standard InChI is InChI=1S/C28H30N2O8/c1-36-24-7-6-17(9-22(24)31)20(11-26(34)37-2)28-27(35)23(32)10-19(38-28)15-29-12-16-8-18(14-29)21-4-3-5-25(33)30(21)13-16/h3-7,9-10,16,18,20,31,35H,8,11-15H2,1-2H3/t16-,18+,20+/m1/s1. The molecule has 10 nitrogen and oxygen atoms in total. The number of carbonyl (C=O) groups is 1. The second-order valence-electron chi connectivity index (χ2n) is 9.95. The summed E-state index contributed by atoms with van der Waals surface area (Å²) in [6, 6.07) is 11.2. The minimum absolute atomic E-state index is 0.0149. The number of pyridine rings is 1. The van der Waals surface area contributed by atoms with Crippen molar-refractivity contribution in [2.75, 3.05) is 27.3 Å². The number of fused-ring (bicyclic) bond motifs is 4. The molecule has 0 radical (unpaired) electrons. The number of esters is 1. The van der Waals surface area contributed by atoms with Gasteiger partial charge in [0.25, 0.3) is 5.56 Å². The average molecular weight is 523 g/mol. The molecule has 0 amide bonds. The van der Waals surface area contributed by atoms with E-state index in [1.165, 1.54) is 32.4 Å². The molecule has 1 aromatic carbocycles. The van der Waals surface area contributed by atoms with Crippen molar-refractivity contribution in [3.8, 4) is 17.2 Å². The molecule has 1 fully saturated rings. The van der Waals surface area contributed by atoms with Crippen LogP contribution in [0.15, 0.2) is 56.5 Å².